The van der Waals surface area contributed by atoms with E-state index in [4.69, 9.17) is 10.8 Å². The maximum atomic E-state index is 12.6. The lowest BCUT2D eigenvalue weighted by molar-refractivity contribution is 0.292. The van der Waals surface area contributed by atoms with Gasteiger partial charge in [-0.05, 0) is 30.9 Å². The van der Waals surface area contributed by atoms with Crippen molar-refractivity contribution < 1.29 is 5.11 Å². The molecule has 7 nitrogen and oxygen atoms in total. The summed E-state index contributed by atoms with van der Waals surface area (Å²) in [5.41, 5.74) is 9.36. The Morgan fingerprint density at radius 1 is 1.30 bits per heavy atom. The number of aromatic nitrogens is 3. The summed E-state index contributed by atoms with van der Waals surface area (Å²) in [6.45, 7) is 0.595. The van der Waals surface area contributed by atoms with Crippen molar-refractivity contribution in [1.29, 1.82) is 0 Å². The average molecular weight is 365 g/mol. The molecule has 4 rings (SSSR count). The molecular weight excluding hydrogens is 342 g/mol. The van der Waals surface area contributed by atoms with E-state index in [9.17, 15) is 4.79 Å². The van der Waals surface area contributed by atoms with E-state index >= 15 is 0 Å². The summed E-state index contributed by atoms with van der Waals surface area (Å²) in [4.78, 5) is 21.6. The summed E-state index contributed by atoms with van der Waals surface area (Å²) < 4.78 is 1.44. The molecule has 0 amide bonds. The lowest BCUT2D eigenvalue weighted by Crippen LogP contribution is -2.20. The number of aryl methyl sites for hydroxylation is 1. The number of anilines is 1. The first-order chi connectivity index (χ1) is 13.0. The van der Waals surface area contributed by atoms with Gasteiger partial charge in [0, 0.05) is 31.3 Å². The molecule has 3 aromatic rings. The Kier molecular flexibility index (Phi) is 4.41. The predicted octanol–water partition coefficient (Wildman–Crippen LogP) is 1.74. The van der Waals surface area contributed by atoms with Crippen LogP contribution >= 0.6 is 0 Å². The zero-order valence-corrected chi connectivity index (χ0v) is 15.3. The van der Waals surface area contributed by atoms with E-state index in [1.807, 2.05) is 30.3 Å². The third kappa shape index (κ3) is 3.31. The molecule has 1 aliphatic rings. The smallest absolute Gasteiger partial charge is 0.264 e. The molecule has 0 atom stereocenters. The van der Waals surface area contributed by atoms with Crippen molar-refractivity contribution >= 4 is 16.7 Å². The number of nitrogens with one attached hydrogen (secondary N) is 1. The Labute approximate surface area is 156 Å². The van der Waals surface area contributed by atoms with Gasteiger partial charge >= 0.3 is 0 Å². The Balaban J connectivity index is 1.78. The lowest BCUT2D eigenvalue weighted by atomic mass is 10.0. The number of hydrogen-bond acceptors (Lipinski definition) is 6. The molecule has 1 aromatic carbocycles. The van der Waals surface area contributed by atoms with E-state index in [1.54, 1.807) is 7.05 Å². The second kappa shape index (κ2) is 6.75. The molecule has 2 heterocycles. The van der Waals surface area contributed by atoms with Crippen LogP contribution in [0.1, 0.15) is 24.8 Å². The van der Waals surface area contributed by atoms with E-state index in [0.717, 1.165) is 29.7 Å². The van der Waals surface area contributed by atoms with Gasteiger partial charge in [-0.1, -0.05) is 24.3 Å². The molecule has 140 valence electrons. The zero-order valence-electron chi connectivity index (χ0n) is 15.3. The van der Waals surface area contributed by atoms with Crippen molar-refractivity contribution in [3.63, 3.8) is 0 Å². The molecule has 0 bridgehead atoms. The highest BCUT2D eigenvalue weighted by Gasteiger charge is 2.39. The lowest BCUT2D eigenvalue weighted by Gasteiger charge is -2.13. The van der Waals surface area contributed by atoms with Crippen LogP contribution in [0.3, 0.4) is 0 Å². The van der Waals surface area contributed by atoms with Gasteiger partial charge in [0.1, 0.15) is 11.2 Å². The molecule has 2 aromatic heterocycles. The highest BCUT2D eigenvalue weighted by atomic mass is 16.3. The van der Waals surface area contributed by atoms with Gasteiger partial charge in [-0.25, -0.2) is 9.97 Å². The fourth-order valence-electron chi connectivity index (χ4n) is 3.18. The molecule has 0 radical (unpaired) electrons. The predicted molar refractivity (Wildman–Crippen MR) is 106 cm³/mol. The van der Waals surface area contributed by atoms with E-state index < -0.39 is 0 Å². The van der Waals surface area contributed by atoms with Gasteiger partial charge in [0.15, 0.2) is 0 Å². The number of nitrogens with zero attached hydrogens (tertiary/aromatic N) is 3. The van der Waals surface area contributed by atoms with Crippen molar-refractivity contribution in [2.45, 2.75) is 24.8 Å². The number of aliphatic hydroxyl groups is 1. The van der Waals surface area contributed by atoms with Crippen LogP contribution in [0, 0.1) is 0 Å². The van der Waals surface area contributed by atoms with Gasteiger partial charge in [-0.3, -0.25) is 4.79 Å². The molecule has 0 spiro atoms. The van der Waals surface area contributed by atoms with Gasteiger partial charge in [0.2, 0.25) is 0 Å². The standard InChI is InChI=1S/C20H23N5O2/c1-25-12-23-16-11-15(13-3-5-14(6-4-13)20(21)7-8-20)24-18(17(16)19(25)27)22-9-2-10-26/h3-6,11-12,26H,2,7-10,21H2,1H3,(H,22,24). The molecule has 0 saturated heterocycles. The number of hydrogen-bond donors (Lipinski definition) is 3. The van der Waals surface area contributed by atoms with Crippen LogP contribution in [-0.4, -0.2) is 32.8 Å². The molecule has 1 saturated carbocycles. The largest absolute Gasteiger partial charge is 0.396 e. The third-order valence-electron chi connectivity index (χ3n) is 5.07. The van der Waals surface area contributed by atoms with Gasteiger partial charge in [0.05, 0.1) is 17.5 Å². The quantitative estimate of drug-likeness (QED) is 0.575. The van der Waals surface area contributed by atoms with Crippen LogP contribution in [0.25, 0.3) is 22.2 Å². The summed E-state index contributed by atoms with van der Waals surface area (Å²) in [5.74, 6) is 0.492. The van der Waals surface area contributed by atoms with E-state index in [0.29, 0.717) is 29.7 Å². The monoisotopic (exact) mass is 365 g/mol. The van der Waals surface area contributed by atoms with Crippen molar-refractivity contribution in [1.82, 2.24) is 14.5 Å². The number of pyridine rings is 1. The van der Waals surface area contributed by atoms with Gasteiger partial charge in [-0.2, -0.15) is 0 Å². The summed E-state index contributed by atoms with van der Waals surface area (Å²) in [6.07, 6.45) is 4.13. The second-order valence-electron chi connectivity index (χ2n) is 7.15. The van der Waals surface area contributed by atoms with Crippen molar-refractivity contribution in [3.05, 3.63) is 52.6 Å². The summed E-state index contributed by atoms with van der Waals surface area (Å²) in [7, 11) is 1.67. The minimum absolute atomic E-state index is 0.0726. The van der Waals surface area contributed by atoms with Crippen LogP contribution in [-0.2, 0) is 12.6 Å². The molecule has 0 unspecified atom stereocenters. The van der Waals surface area contributed by atoms with Crippen molar-refractivity contribution in [2.75, 3.05) is 18.5 Å². The highest BCUT2D eigenvalue weighted by molar-refractivity contribution is 5.91. The number of fused-ring (bicyclic) bond motifs is 1. The first-order valence-corrected chi connectivity index (χ1v) is 9.13. The average Bonchev–Trinajstić information content (AvgIpc) is 3.43. The molecule has 4 N–H and O–H groups in total. The number of aliphatic hydroxyl groups excluding tert-OH is 1. The van der Waals surface area contributed by atoms with Gasteiger partial charge in [0.25, 0.3) is 5.56 Å². The van der Waals surface area contributed by atoms with Crippen LogP contribution in [0.5, 0.6) is 0 Å². The second-order valence-corrected chi connectivity index (χ2v) is 7.15. The minimum Gasteiger partial charge on any atom is -0.396 e. The maximum Gasteiger partial charge on any atom is 0.264 e. The Bertz CT molecular complexity index is 1040. The van der Waals surface area contributed by atoms with E-state index in [2.05, 4.69) is 15.3 Å². The summed E-state index contributed by atoms with van der Waals surface area (Å²) in [6, 6.07) is 9.94. The zero-order chi connectivity index (χ0) is 19.0. The topological polar surface area (TPSA) is 106 Å². The van der Waals surface area contributed by atoms with Crippen molar-refractivity contribution in [3.8, 4) is 11.3 Å². The Hall–Kier alpha value is -2.77. The number of rotatable bonds is 6. The van der Waals surface area contributed by atoms with Gasteiger partial charge < -0.3 is 20.7 Å². The fourth-order valence-corrected chi connectivity index (χ4v) is 3.18. The maximum absolute atomic E-state index is 12.6. The number of nitrogens with two attached hydrogens (primary N) is 1. The molecule has 1 aliphatic carbocycles. The van der Waals surface area contributed by atoms with Crippen LogP contribution in [0.15, 0.2) is 41.5 Å². The third-order valence-corrected chi connectivity index (χ3v) is 5.07. The Morgan fingerprint density at radius 2 is 2.04 bits per heavy atom. The molecule has 1 fully saturated rings. The highest BCUT2D eigenvalue weighted by Crippen LogP contribution is 2.42. The normalized spacial score (nSPS) is 15.1. The van der Waals surface area contributed by atoms with Crippen LogP contribution < -0.4 is 16.6 Å². The van der Waals surface area contributed by atoms with Crippen LogP contribution in [0.2, 0.25) is 0 Å². The number of benzene rings is 1. The molecule has 27 heavy (non-hydrogen) atoms. The van der Waals surface area contributed by atoms with Crippen LogP contribution in [0.4, 0.5) is 5.82 Å². The summed E-state index contributed by atoms with van der Waals surface area (Å²) >= 11 is 0. The first kappa shape index (κ1) is 17.6. The van der Waals surface area contributed by atoms with Crippen molar-refractivity contribution in [2.24, 2.45) is 12.8 Å². The molecule has 7 heteroatoms. The first-order valence-electron chi connectivity index (χ1n) is 9.13. The fraction of sp³-hybridized carbons (Fsp3) is 0.350. The van der Waals surface area contributed by atoms with E-state index in [-0.39, 0.29) is 17.7 Å². The Morgan fingerprint density at radius 3 is 2.70 bits per heavy atom. The SMILES string of the molecule is Cn1cnc2cc(-c3ccc(C4(N)CC4)cc3)nc(NCCCO)c2c1=O. The van der Waals surface area contributed by atoms with Gasteiger partial charge in [-0.15, -0.1) is 0 Å². The summed E-state index contributed by atoms with van der Waals surface area (Å²) in [5, 5.41) is 12.7. The molecular formula is C20H23N5O2. The minimum atomic E-state index is -0.167. The van der Waals surface area contributed by atoms with E-state index in [1.165, 1.54) is 10.9 Å². The molecule has 0 aliphatic heterocycles.